The maximum atomic E-state index is 13.9. The lowest BCUT2D eigenvalue weighted by Crippen LogP contribution is -2.72. The van der Waals surface area contributed by atoms with Crippen LogP contribution in [0.5, 0.6) is 11.5 Å². The van der Waals surface area contributed by atoms with Crippen LogP contribution in [0.25, 0.3) is 22.2 Å². The molecule has 3 aromatic carbocycles. The van der Waals surface area contributed by atoms with Crippen molar-refractivity contribution < 1.29 is 49.8 Å². The van der Waals surface area contributed by atoms with Crippen LogP contribution in [-0.4, -0.2) is 80.4 Å². The first-order valence-corrected chi connectivity index (χ1v) is 18.3. The van der Waals surface area contributed by atoms with Crippen molar-refractivity contribution in [1.82, 2.24) is 15.2 Å². The Kier molecular flexibility index (Phi) is 7.51. The molecule has 49 heavy (non-hydrogen) atoms. The highest BCUT2D eigenvalue weighted by molar-refractivity contribution is 7.94. The van der Waals surface area contributed by atoms with Gasteiger partial charge in [0.05, 0.1) is 23.5 Å². The van der Waals surface area contributed by atoms with E-state index in [2.05, 4.69) is 10.3 Å². The second-order valence-electron chi connectivity index (χ2n) is 12.6. The van der Waals surface area contributed by atoms with E-state index in [-0.39, 0.29) is 23.0 Å². The SMILES string of the molecule is COc1ccc(COC(=O)C2N3C(=O)C(NC(=O)COc4ccc5c(c4)S(=O)(=O)Cc4c-5[nH]c5ccc(F)cc45)C3S(=O)(=O)C2(C)C)cc1. The molecule has 3 aliphatic rings. The number of nitrogens with one attached hydrogen (secondary N) is 2. The molecule has 4 heterocycles. The summed E-state index contributed by atoms with van der Waals surface area (Å²) in [6.45, 7) is 1.84. The molecule has 2 fully saturated rings. The van der Waals surface area contributed by atoms with Gasteiger partial charge in [-0.2, -0.15) is 0 Å². The zero-order chi connectivity index (χ0) is 35.0. The average Bonchev–Trinajstić information content (AvgIpc) is 3.48. The van der Waals surface area contributed by atoms with E-state index in [1.54, 1.807) is 24.3 Å². The second-order valence-corrected chi connectivity index (χ2v) is 17.1. The summed E-state index contributed by atoms with van der Waals surface area (Å²) in [5.41, 5.74) is 2.56. The summed E-state index contributed by atoms with van der Waals surface area (Å²) in [4.78, 5) is 43.3. The van der Waals surface area contributed by atoms with Gasteiger partial charge in [-0.25, -0.2) is 26.0 Å². The first-order valence-electron chi connectivity index (χ1n) is 15.1. The fourth-order valence-electron chi connectivity index (χ4n) is 6.66. The minimum Gasteiger partial charge on any atom is -0.497 e. The van der Waals surface area contributed by atoms with Crippen molar-refractivity contribution in [3.05, 3.63) is 77.6 Å². The van der Waals surface area contributed by atoms with Crippen LogP contribution in [0.4, 0.5) is 4.39 Å². The van der Waals surface area contributed by atoms with Crippen LogP contribution in [0.2, 0.25) is 0 Å². The Hall–Kier alpha value is -4.96. The Morgan fingerprint density at radius 1 is 1.02 bits per heavy atom. The minimum absolute atomic E-state index is 0.0407. The van der Waals surface area contributed by atoms with Crippen LogP contribution in [-0.2, 0) is 51.2 Å². The number of carbonyl (C=O) groups is 3. The fourth-order valence-corrected chi connectivity index (χ4v) is 10.5. The van der Waals surface area contributed by atoms with Crippen molar-refractivity contribution >= 4 is 48.4 Å². The number of hydrogen-bond donors (Lipinski definition) is 2. The number of H-pyrrole nitrogens is 1. The summed E-state index contributed by atoms with van der Waals surface area (Å²) in [5.74, 6) is -2.73. The van der Waals surface area contributed by atoms with E-state index in [1.807, 2.05) is 0 Å². The van der Waals surface area contributed by atoms with Gasteiger partial charge in [-0.1, -0.05) is 12.1 Å². The zero-order valence-electron chi connectivity index (χ0n) is 26.4. The van der Waals surface area contributed by atoms with Gasteiger partial charge in [0, 0.05) is 22.0 Å². The molecule has 4 aromatic rings. The van der Waals surface area contributed by atoms with Crippen LogP contribution in [0.1, 0.15) is 25.0 Å². The molecule has 3 unspecified atom stereocenters. The van der Waals surface area contributed by atoms with E-state index in [0.29, 0.717) is 39.0 Å². The summed E-state index contributed by atoms with van der Waals surface area (Å²) in [6.07, 6.45) is 0. The van der Waals surface area contributed by atoms with E-state index < -0.39 is 72.1 Å². The summed E-state index contributed by atoms with van der Waals surface area (Å²) in [5, 5.41) is 1.36. The minimum atomic E-state index is -4.16. The van der Waals surface area contributed by atoms with Crippen LogP contribution >= 0.6 is 0 Å². The van der Waals surface area contributed by atoms with Gasteiger partial charge >= 0.3 is 5.97 Å². The number of nitrogens with zero attached hydrogens (tertiary/aromatic N) is 1. The van der Waals surface area contributed by atoms with Gasteiger partial charge in [-0.3, -0.25) is 9.59 Å². The van der Waals surface area contributed by atoms with Crippen molar-refractivity contribution in [2.45, 2.75) is 53.3 Å². The third-order valence-corrected chi connectivity index (χ3v) is 13.8. The lowest BCUT2D eigenvalue weighted by molar-refractivity contribution is -0.165. The van der Waals surface area contributed by atoms with E-state index in [9.17, 15) is 35.6 Å². The monoisotopic (exact) mass is 711 g/mol. The number of esters is 1. The second kappa shape index (κ2) is 11.3. The molecule has 0 aliphatic carbocycles. The molecule has 1 aromatic heterocycles. The summed E-state index contributed by atoms with van der Waals surface area (Å²) < 4.78 is 81.8. The molecule has 3 aliphatic heterocycles. The first-order chi connectivity index (χ1) is 23.1. The number of rotatable bonds is 8. The molecule has 0 radical (unpaired) electrons. The van der Waals surface area contributed by atoms with Crippen molar-refractivity contribution in [3.63, 3.8) is 0 Å². The number of aromatic amines is 1. The molecule has 256 valence electrons. The standard InChI is InChI=1S/C33H30FN3O10S2/c1-33(2)29(32(40)47-14-17-4-7-19(45-3)8-5-17)37-30(39)28(31(37)49(33,43)44)36-26(38)15-46-20-9-10-21-25(13-20)48(41,42)16-23-22-12-18(34)6-11-24(22)35-27(21)23/h4-13,28-29,31,35H,14-16H2,1-3H3,(H,36,38). The highest BCUT2D eigenvalue weighted by Gasteiger charge is 2.72. The molecule has 7 rings (SSSR count). The number of aromatic nitrogens is 1. The Morgan fingerprint density at radius 3 is 2.45 bits per heavy atom. The summed E-state index contributed by atoms with van der Waals surface area (Å²) in [7, 11) is -6.52. The number of sulfone groups is 2. The normalized spacial score (nSPS) is 22.3. The predicted octanol–water partition coefficient (Wildman–Crippen LogP) is 2.62. The number of benzene rings is 3. The van der Waals surface area contributed by atoms with Gasteiger partial charge in [0.15, 0.2) is 31.7 Å². The number of fused-ring (bicyclic) bond motifs is 6. The number of β-lactam (4-membered cyclic amide) rings is 1. The predicted molar refractivity (Wildman–Crippen MR) is 172 cm³/mol. The Balaban J connectivity index is 1.03. The lowest BCUT2D eigenvalue weighted by atomic mass is 9.96. The summed E-state index contributed by atoms with van der Waals surface area (Å²) >= 11 is 0. The number of hydrogen-bond acceptors (Lipinski definition) is 10. The average molecular weight is 712 g/mol. The summed E-state index contributed by atoms with van der Waals surface area (Å²) in [6, 6.07) is 12.1. The van der Waals surface area contributed by atoms with Crippen LogP contribution in [0.3, 0.4) is 0 Å². The van der Waals surface area contributed by atoms with Crippen molar-refractivity contribution in [1.29, 1.82) is 0 Å². The number of halogens is 1. The maximum absolute atomic E-state index is 13.9. The number of ether oxygens (including phenoxy) is 3. The maximum Gasteiger partial charge on any atom is 0.330 e. The highest BCUT2D eigenvalue weighted by atomic mass is 32.2. The molecule has 2 saturated heterocycles. The number of amides is 2. The van der Waals surface area contributed by atoms with Crippen molar-refractivity contribution in [3.8, 4) is 22.8 Å². The quantitative estimate of drug-likeness (QED) is 0.204. The third kappa shape index (κ3) is 5.12. The molecule has 2 amide bonds. The molecular weight excluding hydrogens is 682 g/mol. The van der Waals surface area contributed by atoms with E-state index in [0.717, 1.165) is 4.90 Å². The van der Waals surface area contributed by atoms with Crippen molar-refractivity contribution in [2.75, 3.05) is 13.7 Å². The Labute approximate surface area is 280 Å². The molecule has 2 N–H and O–H groups in total. The third-order valence-electron chi connectivity index (χ3n) is 9.28. The number of methoxy groups -OCH3 is 1. The van der Waals surface area contributed by atoms with Crippen LogP contribution < -0.4 is 14.8 Å². The molecule has 16 heteroatoms. The van der Waals surface area contributed by atoms with E-state index in [1.165, 1.54) is 57.4 Å². The van der Waals surface area contributed by atoms with Gasteiger partial charge in [0.2, 0.25) is 5.91 Å². The van der Waals surface area contributed by atoms with Gasteiger partial charge in [0.25, 0.3) is 5.91 Å². The molecule has 0 saturated carbocycles. The highest BCUT2D eigenvalue weighted by Crippen LogP contribution is 2.47. The van der Waals surface area contributed by atoms with Crippen molar-refractivity contribution in [2.24, 2.45) is 0 Å². The van der Waals surface area contributed by atoms with Gasteiger partial charge in [-0.15, -0.1) is 0 Å². The molecule has 13 nitrogen and oxygen atoms in total. The van der Waals surface area contributed by atoms with Gasteiger partial charge in [-0.05, 0) is 67.9 Å². The zero-order valence-corrected chi connectivity index (χ0v) is 28.0. The molecule has 3 atom stereocenters. The fraction of sp³-hybridized carbons (Fsp3) is 0.303. The van der Waals surface area contributed by atoms with Crippen LogP contribution in [0.15, 0.2) is 65.6 Å². The lowest BCUT2D eigenvalue weighted by Gasteiger charge is -2.42. The Morgan fingerprint density at radius 2 is 1.73 bits per heavy atom. The smallest absolute Gasteiger partial charge is 0.330 e. The molecular formula is C33H30FN3O10S2. The molecule has 0 spiro atoms. The number of carbonyl (C=O) groups excluding carboxylic acids is 3. The van der Waals surface area contributed by atoms with Gasteiger partial charge < -0.3 is 29.4 Å². The largest absolute Gasteiger partial charge is 0.497 e. The topological polar surface area (TPSA) is 178 Å². The van der Waals surface area contributed by atoms with Gasteiger partial charge in [0.1, 0.15) is 40.8 Å². The van der Waals surface area contributed by atoms with E-state index in [4.69, 9.17) is 14.2 Å². The molecule has 0 bridgehead atoms. The first kappa shape index (κ1) is 32.6. The Bertz CT molecular complexity index is 2280. The van der Waals surface area contributed by atoms with Crippen LogP contribution in [0, 0.1) is 5.82 Å². The van der Waals surface area contributed by atoms with E-state index >= 15 is 0 Å².